The van der Waals surface area contributed by atoms with Crippen LogP contribution in [-0.4, -0.2) is 4.98 Å². The van der Waals surface area contributed by atoms with E-state index in [0.29, 0.717) is 5.56 Å². The van der Waals surface area contributed by atoms with Crippen LogP contribution in [0.2, 0.25) is 0 Å². The number of nitrogens with zero attached hydrogens (tertiary/aromatic N) is 1. The first-order valence-electron chi connectivity index (χ1n) is 4.36. The van der Waals surface area contributed by atoms with E-state index in [1.165, 1.54) is 0 Å². The van der Waals surface area contributed by atoms with Gasteiger partial charge in [-0.05, 0) is 19.1 Å². The second-order valence-electron chi connectivity index (χ2n) is 3.08. The second kappa shape index (κ2) is 5.18. The number of aryl methyl sites for hydroxylation is 1. The normalized spacial score (nSPS) is 9.47. The number of pyridine rings is 1. The SMILES string of the molecule is Cc1cc(-c2ccc[c-]c2F)ccn1.[W]. The summed E-state index contributed by atoms with van der Waals surface area (Å²) in [5.74, 6) is -0.321. The summed E-state index contributed by atoms with van der Waals surface area (Å²) in [6, 6.07) is 11.2. The van der Waals surface area contributed by atoms with E-state index >= 15 is 0 Å². The van der Waals surface area contributed by atoms with Crippen molar-refractivity contribution in [3.63, 3.8) is 0 Å². The molecule has 3 heteroatoms. The molecule has 15 heavy (non-hydrogen) atoms. The molecular formula is C12H9FNW-. The van der Waals surface area contributed by atoms with Crippen LogP contribution >= 0.6 is 0 Å². The van der Waals surface area contributed by atoms with Crippen molar-refractivity contribution in [1.29, 1.82) is 0 Å². The number of halogens is 1. The predicted octanol–water partition coefficient (Wildman–Crippen LogP) is 2.99. The van der Waals surface area contributed by atoms with Crippen molar-refractivity contribution >= 4 is 0 Å². The van der Waals surface area contributed by atoms with Gasteiger partial charge < -0.3 is 0 Å². The Labute approximate surface area is 103 Å². The molecule has 0 atom stereocenters. The number of benzene rings is 1. The summed E-state index contributed by atoms with van der Waals surface area (Å²) in [6.07, 6.45) is 1.68. The Morgan fingerprint density at radius 3 is 2.80 bits per heavy atom. The molecule has 0 bridgehead atoms. The number of aromatic nitrogens is 1. The summed E-state index contributed by atoms with van der Waals surface area (Å²) in [7, 11) is 0. The summed E-state index contributed by atoms with van der Waals surface area (Å²) in [5, 5.41) is 0. The van der Waals surface area contributed by atoms with Gasteiger partial charge >= 0.3 is 0 Å². The van der Waals surface area contributed by atoms with Crippen molar-refractivity contribution in [3.05, 3.63) is 54.1 Å². The van der Waals surface area contributed by atoms with E-state index in [9.17, 15) is 4.39 Å². The molecule has 0 saturated carbocycles. The van der Waals surface area contributed by atoms with Crippen LogP contribution < -0.4 is 0 Å². The Hall–Kier alpha value is -1.01. The van der Waals surface area contributed by atoms with Crippen LogP contribution in [0.1, 0.15) is 5.69 Å². The standard InChI is InChI=1S/C12H9FN.W/c1-9-8-10(6-7-14-9)11-4-2-3-5-12(11)13;/h2-4,6-8H,1H3;/q-1;. The molecule has 2 rings (SSSR count). The van der Waals surface area contributed by atoms with Gasteiger partial charge in [-0.1, -0.05) is 11.1 Å². The zero-order valence-electron chi connectivity index (χ0n) is 8.20. The van der Waals surface area contributed by atoms with E-state index in [1.807, 2.05) is 13.0 Å². The van der Waals surface area contributed by atoms with Gasteiger partial charge in [0.15, 0.2) is 0 Å². The number of hydrogen-bond donors (Lipinski definition) is 0. The van der Waals surface area contributed by atoms with Gasteiger partial charge in [0, 0.05) is 38.8 Å². The maximum Gasteiger partial charge on any atom is 0.0368 e. The van der Waals surface area contributed by atoms with E-state index in [0.717, 1.165) is 11.3 Å². The summed E-state index contributed by atoms with van der Waals surface area (Å²) in [6.45, 7) is 1.88. The minimum absolute atomic E-state index is 0. The molecule has 0 fully saturated rings. The van der Waals surface area contributed by atoms with Gasteiger partial charge in [-0.3, -0.25) is 4.98 Å². The molecular weight excluding hydrogens is 361 g/mol. The summed E-state index contributed by atoms with van der Waals surface area (Å²) in [5.41, 5.74) is 2.29. The molecule has 76 valence electrons. The van der Waals surface area contributed by atoms with Gasteiger partial charge in [-0.2, -0.15) is 18.2 Å². The maximum absolute atomic E-state index is 13.3. The Bertz CT molecular complexity index is 457. The monoisotopic (exact) mass is 370 g/mol. The first-order chi connectivity index (χ1) is 6.77. The summed E-state index contributed by atoms with van der Waals surface area (Å²) in [4.78, 5) is 4.06. The minimum Gasteiger partial charge on any atom is -0.262 e. The van der Waals surface area contributed by atoms with Crippen LogP contribution in [-0.2, 0) is 21.1 Å². The topological polar surface area (TPSA) is 12.9 Å². The van der Waals surface area contributed by atoms with Gasteiger partial charge in [0.1, 0.15) is 0 Å². The zero-order chi connectivity index (χ0) is 9.97. The number of rotatable bonds is 1. The van der Waals surface area contributed by atoms with E-state index < -0.39 is 0 Å². The van der Waals surface area contributed by atoms with Crippen molar-refractivity contribution in [3.8, 4) is 11.1 Å². The molecule has 0 aliphatic heterocycles. The van der Waals surface area contributed by atoms with Crippen LogP contribution in [0.15, 0.2) is 36.5 Å². The van der Waals surface area contributed by atoms with E-state index in [-0.39, 0.29) is 26.9 Å². The molecule has 1 heterocycles. The maximum atomic E-state index is 13.3. The second-order valence-corrected chi connectivity index (χ2v) is 3.08. The third-order valence-corrected chi connectivity index (χ3v) is 2.01. The summed E-state index contributed by atoms with van der Waals surface area (Å²) < 4.78 is 13.3. The van der Waals surface area contributed by atoms with Crippen LogP contribution in [0.4, 0.5) is 4.39 Å². The number of hydrogen-bond acceptors (Lipinski definition) is 1. The van der Waals surface area contributed by atoms with Gasteiger partial charge in [-0.25, -0.2) is 4.39 Å². The Kier molecular flexibility index (Phi) is 4.16. The van der Waals surface area contributed by atoms with Gasteiger partial charge in [0.25, 0.3) is 0 Å². The largest absolute Gasteiger partial charge is 0.262 e. The van der Waals surface area contributed by atoms with Crippen LogP contribution in [0, 0.1) is 18.8 Å². The molecule has 1 aromatic heterocycles. The van der Waals surface area contributed by atoms with E-state index in [1.54, 1.807) is 30.5 Å². The zero-order valence-corrected chi connectivity index (χ0v) is 11.1. The molecule has 0 amide bonds. The average molecular weight is 370 g/mol. The van der Waals surface area contributed by atoms with Crippen molar-refractivity contribution < 1.29 is 25.5 Å². The summed E-state index contributed by atoms with van der Waals surface area (Å²) >= 11 is 0. The van der Waals surface area contributed by atoms with Gasteiger partial charge in [0.05, 0.1) is 0 Å². The smallest absolute Gasteiger partial charge is 0.0368 e. The Morgan fingerprint density at radius 2 is 2.13 bits per heavy atom. The molecule has 0 saturated heterocycles. The fraction of sp³-hybridized carbons (Fsp3) is 0.0833. The van der Waals surface area contributed by atoms with Crippen molar-refractivity contribution in [2.75, 3.05) is 0 Å². The molecule has 0 N–H and O–H groups in total. The fourth-order valence-corrected chi connectivity index (χ4v) is 1.35. The van der Waals surface area contributed by atoms with Gasteiger partial charge in [-0.15, -0.1) is 6.07 Å². The molecule has 0 aliphatic carbocycles. The average Bonchev–Trinajstić information content (AvgIpc) is 2.18. The quantitative estimate of drug-likeness (QED) is 0.704. The first kappa shape index (κ1) is 12.1. The Balaban J connectivity index is 0.00000112. The van der Waals surface area contributed by atoms with E-state index in [2.05, 4.69) is 11.1 Å². The molecule has 0 aliphatic rings. The first-order valence-corrected chi connectivity index (χ1v) is 4.36. The fourth-order valence-electron chi connectivity index (χ4n) is 1.35. The van der Waals surface area contributed by atoms with Crippen LogP contribution in [0.5, 0.6) is 0 Å². The minimum atomic E-state index is -0.321. The molecule has 1 nitrogen and oxygen atoms in total. The van der Waals surface area contributed by atoms with Crippen LogP contribution in [0.3, 0.4) is 0 Å². The molecule has 1 aromatic carbocycles. The molecule has 0 radical (unpaired) electrons. The van der Waals surface area contributed by atoms with Crippen molar-refractivity contribution in [2.45, 2.75) is 6.92 Å². The third-order valence-electron chi connectivity index (χ3n) is 2.01. The third kappa shape index (κ3) is 2.73. The molecule has 0 spiro atoms. The Morgan fingerprint density at radius 1 is 1.33 bits per heavy atom. The molecule has 2 aromatic rings. The van der Waals surface area contributed by atoms with Crippen LogP contribution in [0.25, 0.3) is 11.1 Å². The van der Waals surface area contributed by atoms with Crippen molar-refractivity contribution in [2.24, 2.45) is 0 Å². The molecule has 0 unspecified atom stereocenters. The van der Waals surface area contributed by atoms with Crippen molar-refractivity contribution in [1.82, 2.24) is 4.98 Å². The predicted molar refractivity (Wildman–Crippen MR) is 53.2 cm³/mol. The van der Waals surface area contributed by atoms with E-state index in [4.69, 9.17) is 0 Å². The van der Waals surface area contributed by atoms with Gasteiger partial charge in [0.2, 0.25) is 0 Å².